The van der Waals surface area contributed by atoms with Gasteiger partial charge in [-0.3, -0.25) is 4.99 Å². The number of rotatable bonds is 6. The van der Waals surface area contributed by atoms with Crippen LogP contribution in [-0.2, 0) is 25.8 Å². The molecule has 7 nitrogen and oxygen atoms in total. The van der Waals surface area contributed by atoms with Crippen molar-refractivity contribution in [1.29, 1.82) is 0 Å². The fourth-order valence-corrected chi connectivity index (χ4v) is 3.84. The fraction of sp³-hybridized carbons (Fsp3) is 0.476. The first kappa shape index (κ1) is 21.6. The van der Waals surface area contributed by atoms with Gasteiger partial charge in [0, 0.05) is 49.6 Å². The van der Waals surface area contributed by atoms with Crippen molar-refractivity contribution < 1.29 is 0 Å². The van der Waals surface area contributed by atoms with Crippen LogP contribution in [0.4, 0.5) is 0 Å². The fourth-order valence-electron chi connectivity index (χ4n) is 3.84. The van der Waals surface area contributed by atoms with Gasteiger partial charge in [0.15, 0.2) is 11.8 Å². The zero-order valence-electron chi connectivity index (χ0n) is 17.1. The average Bonchev–Trinajstić information content (AvgIpc) is 3.33. The van der Waals surface area contributed by atoms with E-state index in [1.807, 2.05) is 11.7 Å². The summed E-state index contributed by atoms with van der Waals surface area (Å²) in [7, 11) is 1.83. The Morgan fingerprint density at radius 2 is 2.21 bits per heavy atom. The van der Waals surface area contributed by atoms with Gasteiger partial charge in [-0.15, -0.1) is 24.0 Å². The number of hydrogen-bond acceptors (Lipinski definition) is 3. The Hall–Kier alpha value is -2.10. The Bertz CT molecular complexity index is 959. The first-order valence-corrected chi connectivity index (χ1v) is 10.2. The third kappa shape index (κ3) is 5.09. The number of benzene rings is 1. The number of nitrogens with zero attached hydrogens (tertiary/aromatic N) is 4. The Labute approximate surface area is 188 Å². The van der Waals surface area contributed by atoms with Gasteiger partial charge in [-0.05, 0) is 30.9 Å². The molecule has 3 N–H and O–H groups in total. The minimum absolute atomic E-state index is 0. The van der Waals surface area contributed by atoms with Crippen molar-refractivity contribution in [1.82, 2.24) is 30.4 Å². The summed E-state index contributed by atoms with van der Waals surface area (Å²) >= 11 is 0. The summed E-state index contributed by atoms with van der Waals surface area (Å²) in [5.41, 5.74) is 2.58. The standard InChI is InChI=1S/C21H29N7.HI/c1-3-19-26-20-11-10-16(14-28(20)27-19)25-21(22-2)23-12-6-7-15-13-24-18-9-5-4-8-17(15)18;/h4-5,8-9,13,16,24H,3,6-7,10-12,14H2,1-2H3,(H2,22,23,25);1H. The lowest BCUT2D eigenvalue weighted by atomic mass is 10.1. The summed E-state index contributed by atoms with van der Waals surface area (Å²) in [5.74, 6) is 2.91. The van der Waals surface area contributed by atoms with E-state index >= 15 is 0 Å². The summed E-state index contributed by atoms with van der Waals surface area (Å²) in [6.07, 6.45) is 7.12. The molecule has 1 aliphatic heterocycles. The largest absolute Gasteiger partial charge is 0.361 e. The van der Waals surface area contributed by atoms with E-state index in [9.17, 15) is 0 Å². The topological polar surface area (TPSA) is 82.9 Å². The number of guanidine groups is 1. The summed E-state index contributed by atoms with van der Waals surface area (Å²) in [6, 6.07) is 8.80. The molecule has 4 rings (SSSR count). The normalized spacial score (nSPS) is 16.3. The maximum atomic E-state index is 4.59. The molecule has 0 fully saturated rings. The predicted octanol–water partition coefficient (Wildman–Crippen LogP) is 3.05. The van der Waals surface area contributed by atoms with Gasteiger partial charge in [0.2, 0.25) is 0 Å². The van der Waals surface area contributed by atoms with Crippen molar-refractivity contribution in [3.63, 3.8) is 0 Å². The lowest BCUT2D eigenvalue weighted by Gasteiger charge is -2.25. The molecule has 0 bridgehead atoms. The molecule has 0 radical (unpaired) electrons. The molecule has 0 amide bonds. The Balaban J connectivity index is 0.00000240. The molecule has 1 aliphatic rings. The third-order valence-corrected chi connectivity index (χ3v) is 5.37. The zero-order valence-corrected chi connectivity index (χ0v) is 19.4. The number of aryl methyl sites for hydroxylation is 3. The van der Waals surface area contributed by atoms with Crippen LogP contribution < -0.4 is 10.6 Å². The molecule has 1 unspecified atom stereocenters. The number of aromatic nitrogens is 4. The minimum Gasteiger partial charge on any atom is -0.361 e. The van der Waals surface area contributed by atoms with Gasteiger partial charge in [0.1, 0.15) is 5.82 Å². The van der Waals surface area contributed by atoms with Crippen LogP contribution in [0.2, 0.25) is 0 Å². The van der Waals surface area contributed by atoms with E-state index in [2.05, 4.69) is 68.1 Å². The lowest BCUT2D eigenvalue weighted by molar-refractivity contribution is 0.392. The molecule has 1 aromatic carbocycles. The van der Waals surface area contributed by atoms with Crippen LogP contribution in [0.15, 0.2) is 35.5 Å². The second-order valence-corrected chi connectivity index (χ2v) is 7.32. The number of aliphatic imine (C=N–C) groups is 1. The van der Waals surface area contributed by atoms with Crippen molar-refractivity contribution in [2.45, 2.75) is 51.6 Å². The van der Waals surface area contributed by atoms with Gasteiger partial charge >= 0.3 is 0 Å². The zero-order chi connectivity index (χ0) is 19.3. The molecule has 1 atom stereocenters. The van der Waals surface area contributed by atoms with Gasteiger partial charge in [0.05, 0.1) is 6.54 Å². The summed E-state index contributed by atoms with van der Waals surface area (Å²) in [6.45, 7) is 3.83. The van der Waals surface area contributed by atoms with Crippen LogP contribution in [0.25, 0.3) is 10.9 Å². The van der Waals surface area contributed by atoms with Crippen LogP contribution in [0, 0.1) is 0 Å². The molecule has 156 valence electrons. The Kier molecular flexibility index (Phi) is 7.51. The van der Waals surface area contributed by atoms with E-state index in [4.69, 9.17) is 0 Å². The Morgan fingerprint density at radius 3 is 3.03 bits per heavy atom. The van der Waals surface area contributed by atoms with E-state index in [1.54, 1.807) is 0 Å². The van der Waals surface area contributed by atoms with E-state index in [-0.39, 0.29) is 24.0 Å². The molecule has 0 aliphatic carbocycles. The van der Waals surface area contributed by atoms with E-state index in [1.165, 1.54) is 16.5 Å². The molecule has 8 heteroatoms. The number of para-hydroxylation sites is 1. The molecule has 0 saturated carbocycles. The Morgan fingerprint density at radius 1 is 1.34 bits per heavy atom. The molecular formula is C21H30IN7. The van der Waals surface area contributed by atoms with Crippen molar-refractivity contribution in [2.24, 2.45) is 4.99 Å². The van der Waals surface area contributed by atoms with Crippen LogP contribution in [0.1, 0.15) is 37.0 Å². The minimum atomic E-state index is 0. The van der Waals surface area contributed by atoms with Gasteiger partial charge in [0.25, 0.3) is 0 Å². The first-order chi connectivity index (χ1) is 13.8. The summed E-state index contributed by atoms with van der Waals surface area (Å²) < 4.78 is 2.05. The number of hydrogen-bond donors (Lipinski definition) is 3. The number of aromatic amines is 1. The van der Waals surface area contributed by atoms with Crippen molar-refractivity contribution in [3.8, 4) is 0 Å². The van der Waals surface area contributed by atoms with Crippen LogP contribution in [0.3, 0.4) is 0 Å². The first-order valence-electron chi connectivity index (χ1n) is 10.2. The van der Waals surface area contributed by atoms with Crippen LogP contribution >= 0.6 is 24.0 Å². The molecule has 0 spiro atoms. The third-order valence-electron chi connectivity index (χ3n) is 5.37. The summed E-state index contributed by atoms with van der Waals surface area (Å²) in [4.78, 5) is 12.3. The van der Waals surface area contributed by atoms with Gasteiger partial charge in [-0.25, -0.2) is 9.67 Å². The van der Waals surface area contributed by atoms with Crippen molar-refractivity contribution in [3.05, 3.63) is 47.7 Å². The average molecular weight is 507 g/mol. The quantitative estimate of drug-likeness (QED) is 0.207. The molecule has 29 heavy (non-hydrogen) atoms. The van der Waals surface area contributed by atoms with E-state index in [0.717, 1.165) is 62.8 Å². The summed E-state index contributed by atoms with van der Waals surface area (Å²) in [5, 5.41) is 12.9. The monoisotopic (exact) mass is 507 g/mol. The van der Waals surface area contributed by atoms with Gasteiger partial charge < -0.3 is 15.6 Å². The highest BCUT2D eigenvalue weighted by Gasteiger charge is 2.21. The van der Waals surface area contributed by atoms with E-state index < -0.39 is 0 Å². The molecule has 3 aromatic rings. The second-order valence-electron chi connectivity index (χ2n) is 7.32. The maximum absolute atomic E-state index is 4.59. The molecule has 2 aromatic heterocycles. The number of nitrogens with one attached hydrogen (secondary N) is 3. The predicted molar refractivity (Wildman–Crippen MR) is 128 cm³/mol. The van der Waals surface area contributed by atoms with Crippen LogP contribution in [0.5, 0.6) is 0 Å². The maximum Gasteiger partial charge on any atom is 0.191 e. The number of fused-ring (bicyclic) bond motifs is 2. The van der Waals surface area contributed by atoms with Crippen molar-refractivity contribution >= 4 is 40.8 Å². The second kappa shape index (κ2) is 10.1. The van der Waals surface area contributed by atoms with Gasteiger partial charge in [-0.2, -0.15) is 5.10 Å². The molecule has 3 heterocycles. The van der Waals surface area contributed by atoms with Gasteiger partial charge in [-0.1, -0.05) is 25.1 Å². The smallest absolute Gasteiger partial charge is 0.191 e. The highest BCUT2D eigenvalue weighted by Crippen LogP contribution is 2.18. The van der Waals surface area contributed by atoms with E-state index in [0.29, 0.717) is 6.04 Å². The van der Waals surface area contributed by atoms with Crippen LogP contribution in [-0.4, -0.2) is 45.3 Å². The SMILES string of the molecule is CCc1nc2n(n1)CC(NC(=NC)NCCCc1c[nH]c3ccccc13)CC2.I. The molecule has 0 saturated heterocycles. The number of halogens is 1. The number of H-pyrrole nitrogens is 1. The lowest BCUT2D eigenvalue weighted by Crippen LogP contribution is -2.47. The van der Waals surface area contributed by atoms with Crippen molar-refractivity contribution in [2.75, 3.05) is 13.6 Å². The molecular weight excluding hydrogens is 477 g/mol. The highest BCUT2D eigenvalue weighted by atomic mass is 127. The highest BCUT2D eigenvalue weighted by molar-refractivity contribution is 14.0.